The standard InChI is InChI=1S/C17H17FN2O/c1-17(2,3)10-7-8-14-13(9-10)20-16(21-14)11-5-4-6-12(18)15(11)19/h4-9H,19H2,1-3H3. The second-order valence-electron chi connectivity index (χ2n) is 6.15. The molecule has 0 atom stereocenters. The predicted octanol–water partition coefficient (Wildman–Crippen LogP) is 4.51. The Hall–Kier alpha value is -2.36. The Bertz CT molecular complexity index is 815. The van der Waals surface area contributed by atoms with Gasteiger partial charge in [-0.25, -0.2) is 9.37 Å². The molecule has 0 radical (unpaired) electrons. The Balaban J connectivity index is 2.15. The highest BCUT2D eigenvalue weighted by molar-refractivity contribution is 5.80. The van der Waals surface area contributed by atoms with Gasteiger partial charge in [-0.15, -0.1) is 0 Å². The Morgan fingerprint density at radius 2 is 1.90 bits per heavy atom. The van der Waals surface area contributed by atoms with E-state index in [1.54, 1.807) is 12.1 Å². The van der Waals surface area contributed by atoms with Gasteiger partial charge in [0.15, 0.2) is 5.58 Å². The molecule has 3 nitrogen and oxygen atoms in total. The summed E-state index contributed by atoms with van der Waals surface area (Å²) >= 11 is 0. The number of benzene rings is 2. The molecule has 0 aliphatic carbocycles. The Morgan fingerprint density at radius 3 is 2.62 bits per heavy atom. The number of para-hydroxylation sites is 1. The maximum absolute atomic E-state index is 13.5. The maximum Gasteiger partial charge on any atom is 0.229 e. The van der Waals surface area contributed by atoms with Crippen molar-refractivity contribution in [3.05, 3.63) is 47.8 Å². The van der Waals surface area contributed by atoms with Gasteiger partial charge in [0.1, 0.15) is 11.3 Å². The average Bonchev–Trinajstić information content (AvgIpc) is 2.83. The molecule has 0 spiro atoms. The summed E-state index contributed by atoms with van der Waals surface area (Å²) in [5.41, 5.74) is 8.91. The quantitative estimate of drug-likeness (QED) is 0.669. The third-order valence-electron chi connectivity index (χ3n) is 3.54. The largest absolute Gasteiger partial charge is 0.436 e. The van der Waals surface area contributed by atoms with Crippen LogP contribution in [0.3, 0.4) is 0 Å². The molecule has 0 unspecified atom stereocenters. The van der Waals surface area contributed by atoms with E-state index >= 15 is 0 Å². The molecule has 0 saturated heterocycles. The first-order valence-electron chi connectivity index (χ1n) is 6.82. The number of anilines is 1. The van der Waals surface area contributed by atoms with Gasteiger partial charge in [0.05, 0.1) is 11.3 Å². The van der Waals surface area contributed by atoms with Gasteiger partial charge >= 0.3 is 0 Å². The topological polar surface area (TPSA) is 52.0 Å². The van der Waals surface area contributed by atoms with Crippen LogP contribution in [0.25, 0.3) is 22.6 Å². The number of halogens is 1. The molecule has 0 fully saturated rings. The molecule has 2 aromatic carbocycles. The highest BCUT2D eigenvalue weighted by Crippen LogP contribution is 2.32. The zero-order valence-electron chi connectivity index (χ0n) is 12.3. The van der Waals surface area contributed by atoms with Crippen LogP contribution < -0.4 is 5.73 Å². The number of rotatable bonds is 1. The molecular formula is C17H17FN2O. The molecule has 4 heteroatoms. The maximum atomic E-state index is 13.5. The second-order valence-corrected chi connectivity index (χ2v) is 6.15. The number of aromatic nitrogens is 1. The molecule has 21 heavy (non-hydrogen) atoms. The highest BCUT2D eigenvalue weighted by atomic mass is 19.1. The van der Waals surface area contributed by atoms with Crippen LogP contribution in [0.15, 0.2) is 40.8 Å². The molecule has 2 N–H and O–H groups in total. The van der Waals surface area contributed by atoms with Gasteiger partial charge in [-0.3, -0.25) is 0 Å². The van der Waals surface area contributed by atoms with E-state index in [9.17, 15) is 4.39 Å². The molecule has 0 aliphatic heterocycles. The van der Waals surface area contributed by atoms with Crippen molar-refractivity contribution < 1.29 is 8.81 Å². The number of hydrogen-bond acceptors (Lipinski definition) is 3. The Labute approximate surface area is 122 Å². The molecule has 0 bridgehead atoms. The third kappa shape index (κ3) is 2.37. The normalized spacial score (nSPS) is 12.0. The van der Waals surface area contributed by atoms with Crippen LogP contribution in [0.4, 0.5) is 10.1 Å². The molecule has 0 amide bonds. The van der Waals surface area contributed by atoms with Gasteiger partial charge in [-0.2, -0.15) is 0 Å². The molecule has 0 aliphatic rings. The summed E-state index contributed by atoms with van der Waals surface area (Å²) in [4.78, 5) is 4.45. The summed E-state index contributed by atoms with van der Waals surface area (Å²) in [6.07, 6.45) is 0. The van der Waals surface area contributed by atoms with E-state index in [0.29, 0.717) is 17.0 Å². The van der Waals surface area contributed by atoms with Crippen molar-refractivity contribution in [1.29, 1.82) is 0 Å². The van der Waals surface area contributed by atoms with Crippen LogP contribution in [0, 0.1) is 5.82 Å². The van der Waals surface area contributed by atoms with Gasteiger partial charge in [-0.05, 0) is 35.2 Å². The second kappa shape index (κ2) is 4.58. The fourth-order valence-corrected chi connectivity index (χ4v) is 2.23. The lowest BCUT2D eigenvalue weighted by atomic mass is 9.87. The molecule has 3 rings (SSSR count). The minimum absolute atomic E-state index is 0.0329. The number of fused-ring (bicyclic) bond motifs is 1. The van der Waals surface area contributed by atoms with Crippen molar-refractivity contribution >= 4 is 16.8 Å². The molecule has 1 aromatic heterocycles. The Kier molecular flexibility index (Phi) is 2.97. The summed E-state index contributed by atoms with van der Waals surface area (Å²) in [5, 5.41) is 0. The van der Waals surface area contributed by atoms with E-state index < -0.39 is 5.82 Å². The minimum Gasteiger partial charge on any atom is -0.436 e. The van der Waals surface area contributed by atoms with Crippen molar-refractivity contribution in [1.82, 2.24) is 4.98 Å². The number of nitrogens with zero attached hydrogens (tertiary/aromatic N) is 1. The van der Waals surface area contributed by atoms with Crippen molar-refractivity contribution in [3.8, 4) is 11.5 Å². The van der Waals surface area contributed by atoms with Crippen LogP contribution in [-0.4, -0.2) is 4.98 Å². The van der Waals surface area contributed by atoms with Gasteiger partial charge in [-0.1, -0.05) is 32.9 Å². The highest BCUT2D eigenvalue weighted by Gasteiger charge is 2.17. The van der Waals surface area contributed by atoms with Crippen LogP contribution in [0.2, 0.25) is 0 Å². The van der Waals surface area contributed by atoms with Gasteiger partial charge in [0, 0.05) is 0 Å². The lowest BCUT2D eigenvalue weighted by molar-refractivity contribution is 0.590. The zero-order valence-corrected chi connectivity index (χ0v) is 12.3. The van der Waals surface area contributed by atoms with Crippen molar-refractivity contribution in [2.24, 2.45) is 0 Å². The van der Waals surface area contributed by atoms with E-state index in [2.05, 4.69) is 25.8 Å². The first-order chi connectivity index (χ1) is 9.86. The first kappa shape index (κ1) is 13.6. The number of hydrogen-bond donors (Lipinski definition) is 1. The number of nitrogens with two attached hydrogens (primary N) is 1. The van der Waals surface area contributed by atoms with E-state index in [1.807, 2.05) is 18.2 Å². The van der Waals surface area contributed by atoms with E-state index in [1.165, 1.54) is 11.6 Å². The lowest BCUT2D eigenvalue weighted by Gasteiger charge is -2.18. The summed E-state index contributed by atoms with van der Waals surface area (Å²) in [7, 11) is 0. The van der Waals surface area contributed by atoms with Gasteiger partial charge < -0.3 is 10.2 Å². The van der Waals surface area contributed by atoms with Crippen molar-refractivity contribution in [2.45, 2.75) is 26.2 Å². The average molecular weight is 284 g/mol. The summed E-state index contributed by atoms with van der Waals surface area (Å²) in [6.45, 7) is 6.42. The van der Waals surface area contributed by atoms with Crippen LogP contribution >= 0.6 is 0 Å². The molecule has 1 heterocycles. The van der Waals surface area contributed by atoms with Crippen LogP contribution in [0.5, 0.6) is 0 Å². The Morgan fingerprint density at radius 1 is 1.14 bits per heavy atom. The minimum atomic E-state index is -0.467. The predicted molar refractivity (Wildman–Crippen MR) is 82.5 cm³/mol. The summed E-state index contributed by atoms with van der Waals surface area (Å²) in [6, 6.07) is 10.5. The monoisotopic (exact) mass is 284 g/mol. The SMILES string of the molecule is CC(C)(C)c1ccc2oc(-c3cccc(F)c3N)nc2c1. The van der Waals surface area contributed by atoms with Crippen molar-refractivity contribution in [2.75, 3.05) is 5.73 Å². The lowest BCUT2D eigenvalue weighted by Crippen LogP contribution is -2.10. The van der Waals surface area contributed by atoms with E-state index in [4.69, 9.17) is 10.2 Å². The van der Waals surface area contributed by atoms with Crippen LogP contribution in [0.1, 0.15) is 26.3 Å². The first-order valence-corrected chi connectivity index (χ1v) is 6.82. The molecule has 108 valence electrons. The smallest absolute Gasteiger partial charge is 0.229 e. The summed E-state index contributed by atoms with van der Waals surface area (Å²) in [5.74, 6) is -0.127. The van der Waals surface area contributed by atoms with Gasteiger partial charge in [0.25, 0.3) is 0 Å². The number of nitrogen functional groups attached to an aromatic ring is 1. The third-order valence-corrected chi connectivity index (χ3v) is 3.54. The molecule has 0 saturated carbocycles. The van der Waals surface area contributed by atoms with Crippen LogP contribution in [-0.2, 0) is 5.41 Å². The molecular weight excluding hydrogens is 267 g/mol. The zero-order chi connectivity index (χ0) is 15.2. The fourth-order valence-electron chi connectivity index (χ4n) is 2.23. The van der Waals surface area contributed by atoms with Crippen molar-refractivity contribution in [3.63, 3.8) is 0 Å². The number of oxazole rings is 1. The fraction of sp³-hybridized carbons (Fsp3) is 0.235. The molecule has 3 aromatic rings. The summed E-state index contributed by atoms with van der Waals surface area (Å²) < 4.78 is 19.2. The van der Waals surface area contributed by atoms with E-state index in [-0.39, 0.29) is 11.1 Å². The van der Waals surface area contributed by atoms with E-state index in [0.717, 1.165) is 5.52 Å². The van der Waals surface area contributed by atoms with Gasteiger partial charge in [0.2, 0.25) is 5.89 Å².